The molecule has 0 unspecified atom stereocenters. The Morgan fingerprint density at radius 3 is 2.56 bits per heavy atom. The standard InChI is InChI=1S/C20H13F2N2O/c21-13-9-7-12(8-10-13)11-24-17-6-2-4-15(20(23)25)18(17)14-3-1-5-16(22)19(14)24/h1-2,4-10H,11H2,(H2,23,25). The van der Waals surface area contributed by atoms with Gasteiger partial charge in [-0.1, -0.05) is 24.3 Å². The Labute approximate surface area is 142 Å². The monoisotopic (exact) mass is 335 g/mol. The molecule has 1 amide bonds. The number of nitrogens with zero attached hydrogens (tertiary/aromatic N) is 1. The van der Waals surface area contributed by atoms with Crippen molar-refractivity contribution in [1.82, 2.24) is 4.57 Å². The van der Waals surface area contributed by atoms with Crippen molar-refractivity contribution in [1.29, 1.82) is 0 Å². The van der Waals surface area contributed by atoms with Gasteiger partial charge in [-0.15, -0.1) is 0 Å². The zero-order chi connectivity index (χ0) is 17.6. The molecule has 0 atom stereocenters. The van der Waals surface area contributed by atoms with Crippen LogP contribution in [0.15, 0.2) is 54.6 Å². The molecular weight excluding hydrogens is 322 g/mol. The first-order valence-corrected chi connectivity index (χ1v) is 7.71. The fourth-order valence-corrected chi connectivity index (χ4v) is 3.21. The first kappa shape index (κ1) is 15.3. The zero-order valence-electron chi connectivity index (χ0n) is 13.1. The quantitative estimate of drug-likeness (QED) is 0.604. The maximum Gasteiger partial charge on any atom is 0.249 e. The molecule has 4 aromatic rings. The number of aromatic nitrogens is 1. The zero-order valence-corrected chi connectivity index (χ0v) is 13.1. The van der Waals surface area contributed by atoms with Crippen molar-refractivity contribution >= 4 is 27.7 Å². The summed E-state index contributed by atoms with van der Waals surface area (Å²) in [6.45, 7) is 0.331. The van der Waals surface area contributed by atoms with Crippen molar-refractivity contribution in [2.24, 2.45) is 5.73 Å². The number of amides is 1. The van der Waals surface area contributed by atoms with Gasteiger partial charge in [-0.3, -0.25) is 4.79 Å². The third kappa shape index (κ3) is 2.45. The van der Waals surface area contributed by atoms with E-state index in [1.165, 1.54) is 24.3 Å². The minimum atomic E-state index is -0.580. The molecule has 25 heavy (non-hydrogen) atoms. The van der Waals surface area contributed by atoms with E-state index in [4.69, 9.17) is 5.73 Å². The Balaban J connectivity index is 2.06. The summed E-state index contributed by atoms with van der Waals surface area (Å²) in [6, 6.07) is 17.0. The molecule has 0 aliphatic rings. The normalized spacial score (nSPS) is 11.3. The topological polar surface area (TPSA) is 48.0 Å². The van der Waals surface area contributed by atoms with Crippen LogP contribution in [0.1, 0.15) is 15.9 Å². The minimum Gasteiger partial charge on any atom is -0.366 e. The molecule has 1 aromatic heterocycles. The lowest BCUT2D eigenvalue weighted by molar-refractivity contribution is 0.100. The molecule has 2 N–H and O–H groups in total. The van der Waals surface area contributed by atoms with Gasteiger partial charge in [0.05, 0.1) is 11.0 Å². The summed E-state index contributed by atoms with van der Waals surface area (Å²) in [5.41, 5.74) is 7.65. The number of hydrogen-bond acceptors (Lipinski definition) is 1. The summed E-state index contributed by atoms with van der Waals surface area (Å²) in [4.78, 5) is 11.8. The predicted octanol–water partition coefficient (Wildman–Crippen LogP) is 4.02. The van der Waals surface area contributed by atoms with E-state index in [9.17, 15) is 13.6 Å². The van der Waals surface area contributed by atoms with E-state index in [0.29, 0.717) is 33.9 Å². The number of benzene rings is 3. The Hall–Kier alpha value is -3.21. The highest BCUT2D eigenvalue weighted by molar-refractivity contribution is 6.17. The third-order valence-corrected chi connectivity index (χ3v) is 4.29. The summed E-state index contributed by atoms with van der Waals surface area (Å²) >= 11 is 0. The number of carbonyl (C=O) groups excluding carboxylic acids is 1. The third-order valence-electron chi connectivity index (χ3n) is 4.29. The van der Waals surface area contributed by atoms with Crippen molar-refractivity contribution in [3.8, 4) is 0 Å². The van der Waals surface area contributed by atoms with Crippen molar-refractivity contribution in [3.05, 3.63) is 83.4 Å². The van der Waals surface area contributed by atoms with E-state index in [2.05, 4.69) is 6.07 Å². The van der Waals surface area contributed by atoms with Crippen LogP contribution in [0.2, 0.25) is 0 Å². The molecule has 0 saturated carbocycles. The van der Waals surface area contributed by atoms with Crippen molar-refractivity contribution in [2.45, 2.75) is 6.54 Å². The average molecular weight is 335 g/mol. The van der Waals surface area contributed by atoms with Crippen LogP contribution in [0.4, 0.5) is 8.78 Å². The lowest BCUT2D eigenvalue weighted by Crippen LogP contribution is -2.11. The lowest BCUT2D eigenvalue weighted by atomic mass is 10.1. The second-order valence-corrected chi connectivity index (χ2v) is 5.83. The van der Waals surface area contributed by atoms with Gasteiger partial charge in [0.2, 0.25) is 5.91 Å². The van der Waals surface area contributed by atoms with Gasteiger partial charge in [-0.2, -0.15) is 0 Å². The second kappa shape index (κ2) is 5.70. The number of rotatable bonds is 3. The molecule has 0 bridgehead atoms. The van der Waals surface area contributed by atoms with E-state index in [-0.39, 0.29) is 5.82 Å². The van der Waals surface area contributed by atoms with Crippen LogP contribution < -0.4 is 5.73 Å². The Morgan fingerprint density at radius 2 is 1.84 bits per heavy atom. The highest BCUT2D eigenvalue weighted by Crippen LogP contribution is 2.33. The number of hydrogen-bond donors (Lipinski definition) is 1. The minimum absolute atomic E-state index is 0.321. The number of carbonyl (C=O) groups is 1. The smallest absolute Gasteiger partial charge is 0.249 e. The van der Waals surface area contributed by atoms with Crippen LogP contribution in [0.5, 0.6) is 0 Å². The fourth-order valence-electron chi connectivity index (χ4n) is 3.21. The van der Waals surface area contributed by atoms with E-state index in [1.807, 2.05) is 0 Å². The van der Waals surface area contributed by atoms with Crippen LogP contribution in [0, 0.1) is 17.7 Å². The molecule has 123 valence electrons. The molecule has 1 radical (unpaired) electrons. The Kier molecular flexibility index (Phi) is 3.50. The lowest BCUT2D eigenvalue weighted by Gasteiger charge is -2.08. The number of fused-ring (bicyclic) bond motifs is 3. The summed E-state index contributed by atoms with van der Waals surface area (Å²) in [5, 5.41) is 1.08. The highest BCUT2D eigenvalue weighted by atomic mass is 19.1. The summed E-state index contributed by atoms with van der Waals surface area (Å²) in [6.07, 6.45) is 0. The molecule has 5 heteroatoms. The maximum absolute atomic E-state index is 14.6. The molecule has 4 rings (SSSR count). The van der Waals surface area contributed by atoms with Gasteiger partial charge in [-0.05, 0) is 42.0 Å². The first-order chi connectivity index (χ1) is 12.1. The van der Waals surface area contributed by atoms with Gasteiger partial charge >= 0.3 is 0 Å². The molecule has 1 heterocycles. The van der Waals surface area contributed by atoms with Gasteiger partial charge in [0.1, 0.15) is 11.6 Å². The van der Waals surface area contributed by atoms with Crippen LogP contribution in [0.3, 0.4) is 0 Å². The molecule has 0 aliphatic heterocycles. The van der Waals surface area contributed by atoms with Gasteiger partial charge in [0, 0.05) is 22.9 Å². The Morgan fingerprint density at radius 1 is 1.08 bits per heavy atom. The molecule has 3 nitrogen and oxygen atoms in total. The molecular formula is C20H13F2N2O. The molecule has 3 aromatic carbocycles. The van der Waals surface area contributed by atoms with E-state index in [1.54, 1.807) is 34.9 Å². The van der Waals surface area contributed by atoms with Crippen LogP contribution in [-0.4, -0.2) is 10.5 Å². The molecule has 0 aliphatic carbocycles. The van der Waals surface area contributed by atoms with E-state index >= 15 is 0 Å². The number of primary amides is 1. The summed E-state index contributed by atoms with van der Waals surface area (Å²) < 4.78 is 29.5. The van der Waals surface area contributed by atoms with Gasteiger partial charge in [0.25, 0.3) is 0 Å². The molecule has 0 saturated heterocycles. The van der Waals surface area contributed by atoms with Crippen molar-refractivity contribution < 1.29 is 13.6 Å². The largest absolute Gasteiger partial charge is 0.366 e. The fraction of sp³-hybridized carbons (Fsp3) is 0.0500. The van der Waals surface area contributed by atoms with Gasteiger partial charge < -0.3 is 10.3 Å². The predicted molar refractivity (Wildman–Crippen MR) is 92.3 cm³/mol. The number of nitrogens with two attached hydrogens (primary N) is 1. The molecule has 0 fully saturated rings. The number of halogens is 2. The summed E-state index contributed by atoms with van der Waals surface area (Å²) in [5.74, 6) is -1.33. The van der Waals surface area contributed by atoms with Crippen LogP contribution in [0.25, 0.3) is 21.8 Å². The van der Waals surface area contributed by atoms with Crippen LogP contribution >= 0.6 is 0 Å². The SMILES string of the molecule is NC(=O)c1cccc2c1c1[c]ccc(F)c1n2Cc1ccc(F)cc1. The van der Waals surface area contributed by atoms with Crippen molar-refractivity contribution in [3.63, 3.8) is 0 Å². The first-order valence-electron chi connectivity index (χ1n) is 7.71. The van der Waals surface area contributed by atoms with Gasteiger partial charge in [-0.25, -0.2) is 8.78 Å². The maximum atomic E-state index is 14.6. The van der Waals surface area contributed by atoms with Crippen LogP contribution in [-0.2, 0) is 6.54 Å². The van der Waals surface area contributed by atoms with Crippen molar-refractivity contribution in [2.75, 3.05) is 0 Å². The van der Waals surface area contributed by atoms with E-state index in [0.717, 1.165) is 5.56 Å². The van der Waals surface area contributed by atoms with Gasteiger partial charge in [0.15, 0.2) is 0 Å². The van der Waals surface area contributed by atoms with E-state index < -0.39 is 11.7 Å². The summed E-state index contributed by atoms with van der Waals surface area (Å²) in [7, 11) is 0. The Bertz CT molecular complexity index is 1110. The highest BCUT2D eigenvalue weighted by Gasteiger charge is 2.18. The molecule has 0 spiro atoms. The second-order valence-electron chi connectivity index (χ2n) is 5.83. The average Bonchev–Trinajstić information content (AvgIpc) is 2.92.